The number of aryl methyl sites for hydroxylation is 1. The van der Waals surface area contributed by atoms with Crippen molar-refractivity contribution in [1.29, 1.82) is 0 Å². The van der Waals surface area contributed by atoms with Gasteiger partial charge in [0.1, 0.15) is 0 Å². The molecule has 0 aliphatic heterocycles. The van der Waals surface area contributed by atoms with Crippen molar-refractivity contribution in [2.75, 3.05) is 11.1 Å². The first-order valence-electron chi connectivity index (χ1n) is 10.5. The summed E-state index contributed by atoms with van der Waals surface area (Å²) in [4.78, 5) is 35.6. The number of aromatic nitrogens is 3. The third kappa shape index (κ3) is 6.50. The van der Waals surface area contributed by atoms with E-state index in [1.54, 1.807) is 36.6 Å². The van der Waals surface area contributed by atoms with Crippen molar-refractivity contribution < 1.29 is 14.5 Å². The molecule has 3 aromatic rings. The zero-order valence-corrected chi connectivity index (χ0v) is 21.4. The number of amides is 2. The molecule has 0 aliphatic rings. The highest BCUT2D eigenvalue weighted by molar-refractivity contribution is 7.99. The van der Waals surface area contributed by atoms with Gasteiger partial charge in [-0.2, -0.15) is 0 Å². The van der Waals surface area contributed by atoms with Gasteiger partial charge in [0.15, 0.2) is 11.0 Å². The Balaban J connectivity index is 1.65. The maximum absolute atomic E-state index is 12.6. The van der Waals surface area contributed by atoms with E-state index in [2.05, 4.69) is 20.8 Å². The van der Waals surface area contributed by atoms with E-state index in [1.165, 1.54) is 30.0 Å². The van der Waals surface area contributed by atoms with E-state index in [1.807, 2.05) is 6.92 Å². The van der Waals surface area contributed by atoms with E-state index in [9.17, 15) is 19.7 Å². The summed E-state index contributed by atoms with van der Waals surface area (Å²) in [5, 5.41) is 26.1. The van der Waals surface area contributed by atoms with Crippen LogP contribution in [-0.4, -0.2) is 37.3 Å². The highest BCUT2D eigenvalue weighted by Gasteiger charge is 2.21. The Kier molecular flexibility index (Phi) is 8.71. The molecule has 0 bridgehead atoms. The summed E-state index contributed by atoms with van der Waals surface area (Å²) >= 11 is 13.1. The average Bonchev–Trinajstić information content (AvgIpc) is 3.23. The van der Waals surface area contributed by atoms with Crippen molar-refractivity contribution in [3.8, 4) is 0 Å². The lowest BCUT2D eigenvalue weighted by atomic mass is 10.2. The molecule has 184 valence electrons. The van der Waals surface area contributed by atoms with Crippen LogP contribution in [-0.2, 0) is 11.3 Å². The van der Waals surface area contributed by atoms with Crippen molar-refractivity contribution >= 4 is 58.2 Å². The van der Waals surface area contributed by atoms with Crippen LogP contribution in [0.5, 0.6) is 0 Å². The maximum atomic E-state index is 12.6. The van der Waals surface area contributed by atoms with Gasteiger partial charge in [-0.15, -0.1) is 10.2 Å². The highest BCUT2D eigenvalue weighted by Crippen LogP contribution is 2.25. The van der Waals surface area contributed by atoms with Gasteiger partial charge in [0.2, 0.25) is 5.91 Å². The van der Waals surface area contributed by atoms with Crippen LogP contribution in [0.2, 0.25) is 10.0 Å². The summed E-state index contributed by atoms with van der Waals surface area (Å²) in [7, 11) is 0. The molecule has 13 heteroatoms. The molecule has 0 unspecified atom stereocenters. The fraction of sp³-hybridized carbons (Fsp3) is 0.273. The normalized spacial score (nSPS) is 11.7. The summed E-state index contributed by atoms with van der Waals surface area (Å²) < 4.78 is 1.80. The second-order valence-electron chi connectivity index (χ2n) is 7.50. The van der Waals surface area contributed by atoms with Gasteiger partial charge in [-0.1, -0.05) is 41.0 Å². The van der Waals surface area contributed by atoms with Gasteiger partial charge < -0.3 is 15.2 Å². The number of non-ortho nitro benzene ring substituents is 1. The lowest BCUT2D eigenvalue weighted by Gasteiger charge is -2.15. The molecule has 2 aromatic carbocycles. The number of nitro groups is 1. The van der Waals surface area contributed by atoms with Crippen LogP contribution in [0, 0.1) is 17.0 Å². The van der Waals surface area contributed by atoms with Crippen LogP contribution in [0.4, 0.5) is 11.4 Å². The van der Waals surface area contributed by atoms with Crippen molar-refractivity contribution in [3.05, 3.63) is 73.5 Å². The summed E-state index contributed by atoms with van der Waals surface area (Å²) in [5.41, 5.74) is 1.34. The number of carbonyl (C=O) groups excluding carboxylic acids is 2. The average molecular weight is 537 g/mol. The fourth-order valence-corrected chi connectivity index (χ4v) is 4.29. The molecular weight excluding hydrogens is 515 g/mol. The van der Waals surface area contributed by atoms with Gasteiger partial charge >= 0.3 is 0 Å². The van der Waals surface area contributed by atoms with E-state index in [0.29, 0.717) is 39.4 Å². The van der Waals surface area contributed by atoms with Crippen molar-refractivity contribution in [3.63, 3.8) is 0 Å². The van der Waals surface area contributed by atoms with Crippen molar-refractivity contribution in [2.45, 2.75) is 38.5 Å². The summed E-state index contributed by atoms with van der Waals surface area (Å²) in [6.07, 6.45) is 0. The van der Waals surface area contributed by atoms with Gasteiger partial charge in [-0.3, -0.25) is 19.7 Å². The van der Waals surface area contributed by atoms with Crippen LogP contribution in [0.15, 0.2) is 41.6 Å². The minimum absolute atomic E-state index is 0.0181. The van der Waals surface area contributed by atoms with Gasteiger partial charge in [0.05, 0.1) is 32.5 Å². The Hall–Kier alpha value is -3.15. The molecule has 3 rings (SSSR count). The van der Waals surface area contributed by atoms with Gasteiger partial charge in [-0.05, 0) is 44.5 Å². The van der Waals surface area contributed by atoms with Crippen LogP contribution in [0.3, 0.4) is 0 Å². The molecule has 10 nitrogen and oxygen atoms in total. The third-order valence-electron chi connectivity index (χ3n) is 5.02. The number of rotatable bonds is 9. The fourth-order valence-electron chi connectivity index (χ4n) is 3.18. The number of thioether (sulfide) groups is 1. The number of carbonyl (C=O) groups is 2. The van der Waals surface area contributed by atoms with Gasteiger partial charge in [-0.25, -0.2) is 0 Å². The quantitative estimate of drug-likeness (QED) is 0.222. The molecule has 2 amide bonds. The molecule has 0 aliphatic carbocycles. The molecular formula is C22H22Cl2N6O4S. The minimum atomic E-state index is -0.517. The number of nitro benzene ring substituents is 1. The number of nitrogens with one attached hydrogen (secondary N) is 2. The number of nitrogens with zero attached hydrogens (tertiary/aromatic N) is 4. The van der Waals surface area contributed by atoms with E-state index < -0.39 is 11.0 Å². The number of benzene rings is 2. The molecule has 1 heterocycles. The van der Waals surface area contributed by atoms with Crippen LogP contribution in [0.25, 0.3) is 0 Å². The zero-order valence-electron chi connectivity index (χ0n) is 19.0. The summed E-state index contributed by atoms with van der Waals surface area (Å²) in [5.74, 6) is -0.141. The van der Waals surface area contributed by atoms with E-state index >= 15 is 0 Å². The van der Waals surface area contributed by atoms with Gasteiger partial charge in [0, 0.05) is 24.2 Å². The third-order valence-corrected chi connectivity index (χ3v) is 6.72. The van der Waals surface area contributed by atoms with E-state index in [4.69, 9.17) is 23.2 Å². The first-order chi connectivity index (χ1) is 16.6. The van der Waals surface area contributed by atoms with Gasteiger partial charge in [0.25, 0.3) is 11.6 Å². The predicted molar refractivity (Wildman–Crippen MR) is 135 cm³/mol. The Morgan fingerprint density at radius 3 is 2.57 bits per heavy atom. The molecule has 0 saturated heterocycles. The highest BCUT2D eigenvalue weighted by atomic mass is 35.5. The lowest BCUT2D eigenvalue weighted by Crippen LogP contribution is -2.28. The lowest BCUT2D eigenvalue weighted by molar-refractivity contribution is -0.384. The molecule has 0 radical (unpaired) electrons. The van der Waals surface area contributed by atoms with Crippen molar-refractivity contribution in [1.82, 2.24) is 20.1 Å². The SMILES string of the molecule is CCn1c(SCC(=O)Nc2cc([N+](=O)[O-])ccc2C)nnc1[C@H](C)NC(=O)c1ccc(Cl)c(Cl)c1. The van der Waals surface area contributed by atoms with E-state index in [0.717, 1.165) is 0 Å². The number of hydrogen-bond acceptors (Lipinski definition) is 7. The van der Waals surface area contributed by atoms with E-state index in [-0.39, 0.29) is 28.3 Å². The standard InChI is InChI=1S/C22H22Cl2N6O4S/c1-4-29-20(13(3)25-21(32)14-6-8-16(23)17(24)9-14)27-28-22(29)35-11-19(31)26-18-10-15(30(33)34)7-5-12(18)2/h5-10,13H,4,11H2,1-3H3,(H,25,32)(H,26,31)/t13-/m0/s1. The molecule has 0 spiro atoms. The number of halogens is 2. The summed E-state index contributed by atoms with van der Waals surface area (Å²) in [6, 6.07) is 8.42. The second-order valence-corrected chi connectivity index (χ2v) is 9.26. The maximum Gasteiger partial charge on any atom is 0.271 e. The minimum Gasteiger partial charge on any atom is -0.342 e. The Morgan fingerprint density at radius 1 is 1.17 bits per heavy atom. The first-order valence-corrected chi connectivity index (χ1v) is 12.2. The molecule has 0 saturated carbocycles. The molecule has 1 atom stereocenters. The summed E-state index contributed by atoms with van der Waals surface area (Å²) in [6.45, 7) is 5.94. The first kappa shape index (κ1) is 26.5. The largest absolute Gasteiger partial charge is 0.342 e. The predicted octanol–water partition coefficient (Wildman–Crippen LogP) is 5.04. The topological polar surface area (TPSA) is 132 Å². The smallest absolute Gasteiger partial charge is 0.271 e. The Morgan fingerprint density at radius 2 is 1.91 bits per heavy atom. The van der Waals surface area contributed by atoms with Crippen LogP contribution in [0.1, 0.15) is 41.6 Å². The molecule has 1 aromatic heterocycles. The zero-order chi connectivity index (χ0) is 25.7. The monoisotopic (exact) mass is 536 g/mol. The Labute approximate surface area is 215 Å². The molecule has 35 heavy (non-hydrogen) atoms. The molecule has 2 N–H and O–H groups in total. The van der Waals surface area contributed by atoms with Crippen molar-refractivity contribution in [2.24, 2.45) is 0 Å². The van der Waals surface area contributed by atoms with Crippen LogP contribution < -0.4 is 10.6 Å². The Bertz CT molecular complexity index is 1280. The van der Waals surface area contributed by atoms with Crippen LogP contribution >= 0.6 is 35.0 Å². The second kappa shape index (κ2) is 11.5. The number of hydrogen-bond donors (Lipinski definition) is 2. The molecule has 0 fully saturated rings. The number of anilines is 1.